The van der Waals surface area contributed by atoms with Crippen molar-refractivity contribution in [2.24, 2.45) is 11.7 Å². The van der Waals surface area contributed by atoms with Crippen molar-refractivity contribution in [1.29, 1.82) is 0 Å². The van der Waals surface area contributed by atoms with Crippen LogP contribution in [0.2, 0.25) is 0 Å². The van der Waals surface area contributed by atoms with Crippen LogP contribution in [-0.4, -0.2) is 25.6 Å². The van der Waals surface area contributed by atoms with Gasteiger partial charge in [0.2, 0.25) is 5.91 Å². The van der Waals surface area contributed by atoms with Crippen LogP contribution in [0.3, 0.4) is 0 Å². The summed E-state index contributed by atoms with van der Waals surface area (Å²) in [4.78, 5) is 11.0. The minimum absolute atomic E-state index is 0.419. The van der Waals surface area contributed by atoms with Crippen LogP contribution in [0.5, 0.6) is 5.75 Å². The van der Waals surface area contributed by atoms with E-state index >= 15 is 0 Å². The van der Waals surface area contributed by atoms with Crippen molar-refractivity contribution in [3.05, 3.63) is 29.8 Å². The van der Waals surface area contributed by atoms with Gasteiger partial charge in [-0.25, -0.2) is 0 Å². The highest BCUT2D eigenvalue weighted by molar-refractivity contribution is 5.93. The molecule has 0 saturated carbocycles. The first-order valence-electron chi connectivity index (χ1n) is 5.99. The van der Waals surface area contributed by atoms with Crippen LogP contribution in [0.4, 0.5) is 0 Å². The van der Waals surface area contributed by atoms with Crippen molar-refractivity contribution in [3.8, 4) is 5.75 Å². The number of amides is 1. The summed E-state index contributed by atoms with van der Waals surface area (Å²) >= 11 is 0. The minimum atomic E-state index is -0.419. The zero-order valence-corrected chi connectivity index (χ0v) is 9.82. The number of nitrogens with one attached hydrogen (secondary N) is 1. The van der Waals surface area contributed by atoms with Gasteiger partial charge in [-0.3, -0.25) is 4.79 Å². The van der Waals surface area contributed by atoms with E-state index < -0.39 is 5.91 Å². The molecule has 0 spiro atoms. The van der Waals surface area contributed by atoms with Crippen molar-refractivity contribution in [1.82, 2.24) is 5.32 Å². The molecule has 1 amide bonds. The van der Waals surface area contributed by atoms with E-state index in [1.165, 1.54) is 0 Å². The Morgan fingerprint density at radius 3 is 2.88 bits per heavy atom. The van der Waals surface area contributed by atoms with Gasteiger partial charge in [0, 0.05) is 5.56 Å². The maximum absolute atomic E-state index is 11.0. The van der Waals surface area contributed by atoms with E-state index in [1.54, 1.807) is 18.2 Å². The molecule has 4 heteroatoms. The lowest BCUT2D eigenvalue weighted by Crippen LogP contribution is -2.30. The molecule has 17 heavy (non-hydrogen) atoms. The number of carbonyl (C=O) groups is 1. The van der Waals surface area contributed by atoms with Gasteiger partial charge >= 0.3 is 0 Å². The molecule has 4 nitrogen and oxygen atoms in total. The number of ether oxygens (including phenoxy) is 1. The van der Waals surface area contributed by atoms with Gasteiger partial charge in [-0.05, 0) is 50.0 Å². The summed E-state index contributed by atoms with van der Waals surface area (Å²) < 4.78 is 5.70. The first-order chi connectivity index (χ1) is 8.25. The minimum Gasteiger partial charge on any atom is -0.493 e. The standard InChI is InChI=1S/C13H18N2O2/c14-13(16)11-2-1-3-12(8-11)17-9-10-4-6-15-7-5-10/h1-3,8,10,15H,4-7,9H2,(H2,14,16). The fourth-order valence-electron chi connectivity index (χ4n) is 2.00. The van der Waals surface area contributed by atoms with Crippen LogP contribution < -0.4 is 15.8 Å². The first kappa shape index (κ1) is 11.9. The van der Waals surface area contributed by atoms with Crippen molar-refractivity contribution in [2.45, 2.75) is 12.8 Å². The average Bonchev–Trinajstić information content (AvgIpc) is 2.38. The topological polar surface area (TPSA) is 64.4 Å². The Morgan fingerprint density at radius 1 is 1.41 bits per heavy atom. The summed E-state index contributed by atoms with van der Waals surface area (Å²) in [6.07, 6.45) is 2.30. The molecule has 1 aliphatic rings. The molecule has 1 aliphatic heterocycles. The quantitative estimate of drug-likeness (QED) is 0.821. The third-order valence-electron chi connectivity index (χ3n) is 3.06. The Hall–Kier alpha value is -1.55. The highest BCUT2D eigenvalue weighted by Gasteiger charge is 2.13. The van der Waals surface area contributed by atoms with E-state index in [4.69, 9.17) is 10.5 Å². The van der Waals surface area contributed by atoms with Crippen LogP contribution >= 0.6 is 0 Å². The number of rotatable bonds is 4. The van der Waals surface area contributed by atoms with Crippen LogP contribution in [-0.2, 0) is 0 Å². The molecule has 3 N–H and O–H groups in total. The Kier molecular flexibility index (Phi) is 3.98. The van der Waals surface area contributed by atoms with Gasteiger partial charge < -0.3 is 15.8 Å². The normalized spacial score (nSPS) is 16.7. The van der Waals surface area contributed by atoms with Gasteiger partial charge in [-0.2, -0.15) is 0 Å². The van der Waals surface area contributed by atoms with Crippen molar-refractivity contribution < 1.29 is 9.53 Å². The third kappa shape index (κ3) is 3.46. The fraction of sp³-hybridized carbons (Fsp3) is 0.462. The predicted octanol–water partition coefficient (Wildman–Crippen LogP) is 1.16. The van der Waals surface area contributed by atoms with Gasteiger partial charge in [0.15, 0.2) is 0 Å². The maximum Gasteiger partial charge on any atom is 0.248 e. The lowest BCUT2D eigenvalue weighted by atomic mass is 9.99. The highest BCUT2D eigenvalue weighted by Crippen LogP contribution is 2.17. The molecule has 1 aromatic rings. The predicted molar refractivity (Wildman–Crippen MR) is 66.0 cm³/mol. The molecule has 0 radical (unpaired) electrons. The van der Waals surface area contributed by atoms with E-state index in [-0.39, 0.29) is 0 Å². The summed E-state index contributed by atoms with van der Waals surface area (Å²) in [5.41, 5.74) is 5.71. The number of carbonyl (C=O) groups excluding carboxylic acids is 1. The second-order valence-corrected chi connectivity index (χ2v) is 4.40. The largest absolute Gasteiger partial charge is 0.493 e. The summed E-state index contributed by atoms with van der Waals surface area (Å²) in [5.74, 6) is 0.908. The number of benzene rings is 1. The third-order valence-corrected chi connectivity index (χ3v) is 3.06. The van der Waals surface area contributed by atoms with Gasteiger partial charge in [-0.15, -0.1) is 0 Å². The smallest absolute Gasteiger partial charge is 0.248 e. The van der Waals surface area contributed by atoms with Crippen molar-refractivity contribution in [2.75, 3.05) is 19.7 Å². The van der Waals surface area contributed by atoms with Crippen LogP contribution in [0.15, 0.2) is 24.3 Å². The number of hydrogen-bond acceptors (Lipinski definition) is 3. The van der Waals surface area contributed by atoms with Gasteiger partial charge in [0.1, 0.15) is 5.75 Å². The number of hydrogen-bond donors (Lipinski definition) is 2. The Bertz CT molecular complexity index is 387. The molecule has 2 rings (SSSR count). The summed E-state index contributed by atoms with van der Waals surface area (Å²) in [6.45, 7) is 2.84. The number of piperidine rings is 1. The monoisotopic (exact) mass is 234 g/mol. The van der Waals surface area contributed by atoms with E-state index in [0.717, 1.165) is 31.7 Å². The molecule has 0 unspecified atom stereocenters. The number of nitrogens with two attached hydrogens (primary N) is 1. The van der Waals surface area contributed by atoms with E-state index in [9.17, 15) is 4.79 Å². The Morgan fingerprint density at radius 2 is 2.18 bits per heavy atom. The van der Waals surface area contributed by atoms with E-state index in [2.05, 4.69) is 5.32 Å². The average molecular weight is 234 g/mol. The molecule has 0 atom stereocenters. The second-order valence-electron chi connectivity index (χ2n) is 4.40. The molecule has 1 heterocycles. The zero-order chi connectivity index (χ0) is 12.1. The van der Waals surface area contributed by atoms with Gasteiger partial charge in [0.25, 0.3) is 0 Å². The van der Waals surface area contributed by atoms with Crippen LogP contribution in [0, 0.1) is 5.92 Å². The highest BCUT2D eigenvalue weighted by atomic mass is 16.5. The summed E-state index contributed by atoms with van der Waals surface area (Å²) in [6, 6.07) is 7.04. The van der Waals surface area contributed by atoms with E-state index in [0.29, 0.717) is 18.1 Å². The Labute approximate surface area is 101 Å². The molecule has 1 saturated heterocycles. The molecular formula is C13H18N2O2. The van der Waals surface area contributed by atoms with Crippen LogP contribution in [0.1, 0.15) is 23.2 Å². The lowest BCUT2D eigenvalue weighted by molar-refractivity contribution is 0.0999. The second kappa shape index (κ2) is 5.68. The number of primary amides is 1. The fourth-order valence-corrected chi connectivity index (χ4v) is 2.00. The van der Waals surface area contributed by atoms with Crippen LogP contribution in [0.25, 0.3) is 0 Å². The molecule has 0 aromatic heterocycles. The summed E-state index contributed by atoms with van der Waals surface area (Å²) in [7, 11) is 0. The molecule has 0 aliphatic carbocycles. The molecule has 92 valence electrons. The first-order valence-corrected chi connectivity index (χ1v) is 5.99. The SMILES string of the molecule is NC(=O)c1cccc(OCC2CCNCC2)c1. The van der Waals surface area contributed by atoms with Crippen molar-refractivity contribution >= 4 is 5.91 Å². The molecule has 1 fully saturated rings. The zero-order valence-electron chi connectivity index (χ0n) is 9.82. The van der Waals surface area contributed by atoms with E-state index in [1.807, 2.05) is 6.07 Å². The lowest BCUT2D eigenvalue weighted by Gasteiger charge is -2.22. The maximum atomic E-state index is 11.0. The van der Waals surface area contributed by atoms with Gasteiger partial charge in [-0.1, -0.05) is 6.07 Å². The Balaban J connectivity index is 1.89. The molecular weight excluding hydrogens is 216 g/mol. The molecule has 1 aromatic carbocycles. The summed E-state index contributed by atoms with van der Waals surface area (Å²) in [5, 5.41) is 3.32. The van der Waals surface area contributed by atoms with Crippen molar-refractivity contribution in [3.63, 3.8) is 0 Å². The molecule has 0 bridgehead atoms. The van der Waals surface area contributed by atoms with Gasteiger partial charge in [0.05, 0.1) is 6.61 Å².